The second-order valence-corrected chi connectivity index (χ2v) is 3.16. The van der Waals surface area contributed by atoms with E-state index in [-0.39, 0.29) is 0 Å². The van der Waals surface area contributed by atoms with Gasteiger partial charge in [-0.05, 0) is 18.2 Å². The van der Waals surface area contributed by atoms with Crippen molar-refractivity contribution in [3.63, 3.8) is 0 Å². The van der Waals surface area contributed by atoms with Crippen LogP contribution in [0, 0.1) is 0 Å². The van der Waals surface area contributed by atoms with E-state index >= 15 is 0 Å². The molecule has 0 unspecified atom stereocenters. The standard InChI is InChI=1S/C10H9N3O2/c11-9(14)6-1-2-7(10(12)15)8-5(6)3-4-13-8/h1-4,13H,(H2,11,14)(H2,12,15). The molecular weight excluding hydrogens is 194 g/mol. The average molecular weight is 203 g/mol. The third kappa shape index (κ3) is 1.34. The predicted octanol–water partition coefficient (Wildman–Crippen LogP) is 0.366. The van der Waals surface area contributed by atoms with E-state index in [1.807, 2.05) is 0 Å². The summed E-state index contributed by atoms with van der Waals surface area (Å²) in [5.41, 5.74) is 11.6. The van der Waals surface area contributed by atoms with Crippen LogP contribution in [0.15, 0.2) is 24.4 Å². The molecule has 1 aromatic carbocycles. The Balaban J connectivity index is 2.82. The van der Waals surface area contributed by atoms with E-state index in [1.165, 1.54) is 12.1 Å². The van der Waals surface area contributed by atoms with Crippen LogP contribution in [0.4, 0.5) is 0 Å². The Morgan fingerprint density at radius 3 is 2.20 bits per heavy atom. The lowest BCUT2D eigenvalue weighted by Crippen LogP contribution is -2.14. The number of amides is 2. The maximum atomic E-state index is 11.1. The summed E-state index contributed by atoms with van der Waals surface area (Å²) < 4.78 is 0. The first-order valence-corrected chi connectivity index (χ1v) is 4.31. The number of primary amides is 2. The summed E-state index contributed by atoms with van der Waals surface area (Å²) in [7, 11) is 0. The van der Waals surface area contributed by atoms with Crippen LogP contribution in [0.5, 0.6) is 0 Å². The first-order valence-electron chi connectivity index (χ1n) is 4.31. The Hall–Kier alpha value is -2.30. The van der Waals surface area contributed by atoms with Crippen molar-refractivity contribution in [2.24, 2.45) is 11.5 Å². The third-order valence-corrected chi connectivity index (χ3v) is 2.25. The number of carbonyl (C=O) groups is 2. The molecule has 2 aromatic rings. The number of rotatable bonds is 2. The van der Waals surface area contributed by atoms with Crippen LogP contribution in [-0.2, 0) is 0 Å². The number of aromatic amines is 1. The van der Waals surface area contributed by atoms with E-state index in [0.717, 1.165) is 0 Å². The quantitative estimate of drug-likeness (QED) is 0.656. The molecule has 0 saturated heterocycles. The van der Waals surface area contributed by atoms with E-state index in [1.54, 1.807) is 12.3 Å². The molecule has 0 aliphatic rings. The molecule has 1 heterocycles. The second kappa shape index (κ2) is 3.13. The lowest BCUT2D eigenvalue weighted by molar-refractivity contribution is 0.0990. The number of aromatic nitrogens is 1. The largest absolute Gasteiger partial charge is 0.366 e. The topological polar surface area (TPSA) is 102 Å². The minimum atomic E-state index is -0.543. The molecule has 0 atom stereocenters. The molecule has 0 spiro atoms. The number of nitrogens with two attached hydrogens (primary N) is 2. The molecule has 0 aliphatic heterocycles. The van der Waals surface area contributed by atoms with Gasteiger partial charge in [-0.25, -0.2) is 0 Å². The summed E-state index contributed by atoms with van der Waals surface area (Å²) in [4.78, 5) is 25.0. The minimum Gasteiger partial charge on any atom is -0.366 e. The van der Waals surface area contributed by atoms with Gasteiger partial charge in [-0.1, -0.05) is 0 Å². The molecule has 2 amide bonds. The molecular formula is C10H9N3O2. The molecule has 15 heavy (non-hydrogen) atoms. The average Bonchev–Trinajstić information content (AvgIpc) is 2.63. The molecule has 0 bridgehead atoms. The van der Waals surface area contributed by atoms with Crippen LogP contribution in [-0.4, -0.2) is 16.8 Å². The van der Waals surface area contributed by atoms with Gasteiger partial charge in [0.15, 0.2) is 0 Å². The summed E-state index contributed by atoms with van der Waals surface area (Å²) in [6.07, 6.45) is 1.63. The van der Waals surface area contributed by atoms with Crippen molar-refractivity contribution in [1.82, 2.24) is 4.98 Å². The van der Waals surface area contributed by atoms with Crippen molar-refractivity contribution in [3.05, 3.63) is 35.5 Å². The lowest BCUT2D eigenvalue weighted by atomic mass is 10.1. The molecule has 5 N–H and O–H groups in total. The summed E-state index contributed by atoms with van der Waals surface area (Å²) in [5.74, 6) is -1.07. The summed E-state index contributed by atoms with van der Waals surface area (Å²) in [5, 5.41) is 0.610. The molecule has 5 nitrogen and oxygen atoms in total. The van der Waals surface area contributed by atoms with Gasteiger partial charge < -0.3 is 16.5 Å². The highest BCUT2D eigenvalue weighted by Gasteiger charge is 2.13. The number of hydrogen-bond acceptors (Lipinski definition) is 2. The Morgan fingerprint density at radius 2 is 1.60 bits per heavy atom. The number of hydrogen-bond donors (Lipinski definition) is 3. The lowest BCUT2D eigenvalue weighted by Gasteiger charge is -2.02. The van der Waals surface area contributed by atoms with Crippen molar-refractivity contribution in [3.8, 4) is 0 Å². The number of nitrogens with one attached hydrogen (secondary N) is 1. The Labute approximate surface area is 85.1 Å². The van der Waals surface area contributed by atoms with E-state index in [0.29, 0.717) is 22.0 Å². The number of carbonyl (C=O) groups excluding carboxylic acids is 2. The van der Waals surface area contributed by atoms with Gasteiger partial charge in [0.1, 0.15) is 0 Å². The van der Waals surface area contributed by atoms with Gasteiger partial charge in [0.05, 0.1) is 11.1 Å². The molecule has 1 aromatic heterocycles. The first kappa shape index (κ1) is 9.26. The monoisotopic (exact) mass is 203 g/mol. The smallest absolute Gasteiger partial charge is 0.250 e. The Kier molecular flexibility index (Phi) is 1.93. The van der Waals surface area contributed by atoms with E-state index in [2.05, 4.69) is 4.98 Å². The third-order valence-electron chi connectivity index (χ3n) is 2.25. The highest BCUT2D eigenvalue weighted by Crippen LogP contribution is 2.21. The first-order chi connectivity index (χ1) is 7.11. The molecule has 0 radical (unpaired) electrons. The van der Waals surface area contributed by atoms with Crippen molar-refractivity contribution in [2.75, 3.05) is 0 Å². The zero-order valence-electron chi connectivity index (χ0n) is 7.78. The highest BCUT2D eigenvalue weighted by molar-refractivity contribution is 6.12. The van der Waals surface area contributed by atoms with Gasteiger partial charge in [-0.15, -0.1) is 0 Å². The summed E-state index contributed by atoms with van der Waals surface area (Å²) in [6, 6.07) is 4.67. The van der Waals surface area contributed by atoms with Crippen LogP contribution in [0.25, 0.3) is 10.9 Å². The van der Waals surface area contributed by atoms with E-state index < -0.39 is 11.8 Å². The molecule has 2 rings (SSSR count). The van der Waals surface area contributed by atoms with Gasteiger partial charge in [0, 0.05) is 17.1 Å². The fourth-order valence-electron chi connectivity index (χ4n) is 1.58. The highest BCUT2D eigenvalue weighted by atomic mass is 16.1. The van der Waals surface area contributed by atoms with Crippen LogP contribution in [0.3, 0.4) is 0 Å². The zero-order valence-corrected chi connectivity index (χ0v) is 7.78. The van der Waals surface area contributed by atoms with Gasteiger partial charge in [0.25, 0.3) is 5.91 Å². The van der Waals surface area contributed by atoms with Crippen LogP contribution < -0.4 is 11.5 Å². The van der Waals surface area contributed by atoms with Gasteiger partial charge >= 0.3 is 0 Å². The van der Waals surface area contributed by atoms with E-state index in [4.69, 9.17) is 11.5 Å². The maximum Gasteiger partial charge on any atom is 0.250 e. The Morgan fingerprint density at radius 1 is 1.00 bits per heavy atom. The van der Waals surface area contributed by atoms with E-state index in [9.17, 15) is 9.59 Å². The summed E-state index contributed by atoms with van der Waals surface area (Å²) in [6.45, 7) is 0. The van der Waals surface area contributed by atoms with Crippen LogP contribution in [0.1, 0.15) is 20.7 Å². The van der Waals surface area contributed by atoms with Crippen molar-refractivity contribution in [2.45, 2.75) is 0 Å². The van der Waals surface area contributed by atoms with Gasteiger partial charge in [0.2, 0.25) is 5.91 Å². The second-order valence-electron chi connectivity index (χ2n) is 3.16. The molecule has 0 saturated carbocycles. The zero-order chi connectivity index (χ0) is 11.0. The molecule has 5 heteroatoms. The number of fused-ring (bicyclic) bond motifs is 1. The fraction of sp³-hybridized carbons (Fsp3) is 0. The normalized spacial score (nSPS) is 10.4. The molecule has 0 fully saturated rings. The molecule has 0 aliphatic carbocycles. The van der Waals surface area contributed by atoms with Crippen molar-refractivity contribution >= 4 is 22.7 Å². The van der Waals surface area contributed by atoms with Crippen molar-refractivity contribution in [1.29, 1.82) is 0 Å². The van der Waals surface area contributed by atoms with Gasteiger partial charge in [-0.2, -0.15) is 0 Å². The summed E-state index contributed by atoms with van der Waals surface area (Å²) >= 11 is 0. The predicted molar refractivity (Wildman–Crippen MR) is 55.3 cm³/mol. The van der Waals surface area contributed by atoms with Crippen molar-refractivity contribution < 1.29 is 9.59 Å². The van der Waals surface area contributed by atoms with Crippen LogP contribution >= 0.6 is 0 Å². The SMILES string of the molecule is NC(=O)c1ccc(C(N)=O)c2[nH]ccc12. The number of H-pyrrole nitrogens is 1. The molecule has 76 valence electrons. The Bertz CT molecular complexity index is 509. The van der Waals surface area contributed by atoms with Gasteiger partial charge in [-0.3, -0.25) is 9.59 Å². The minimum absolute atomic E-state index is 0.347. The van der Waals surface area contributed by atoms with Crippen LogP contribution in [0.2, 0.25) is 0 Å². The maximum absolute atomic E-state index is 11.1. The fourth-order valence-corrected chi connectivity index (χ4v) is 1.58. The number of benzene rings is 1.